The van der Waals surface area contributed by atoms with E-state index in [4.69, 9.17) is 16.7 Å². The third-order valence-electron chi connectivity index (χ3n) is 4.53. The Hall–Kier alpha value is -3.11. The van der Waals surface area contributed by atoms with Gasteiger partial charge in [0.15, 0.2) is 6.10 Å². The van der Waals surface area contributed by atoms with Crippen LogP contribution in [0.2, 0.25) is 5.02 Å². The molecule has 0 aliphatic rings. The second-order valence-corrected chi connectivity index (χ2v) is 7.61. The highest BCUT2D eigenvalue weighted by atomic mass is 35.5. The Labute approximate surface area is 192 Å². The number of rotatable bonds is 9. The molecular weight excluding hydrogens is 467 g/mol. The molecule has 178 valence electrons. The maximum Gasteiger partial charge on any atom is 0.394 e. The molecule has 0 bridgehead atoms. The summed E-state index contributed by atoms with van der Waals surface area (Å²) in [5, 5.41) is 21.6. The summed E-state index contributed by atoms with van der Waals surface area (Å²) in [6.45, 7) is -0.962. The van der Waals surface area contributed by atoms with E-state index in [0.717, 1.165) is 11.1 Å². The number of halogens is 4. The van der Waals surface area contributed by atoms with Crippen LogP contribution in [0.25, 0.3) is 11.1 Å². The van der Waals surface area contributed by atoms with Crippen LogP contribution in [0.5, 0.6) is 0 Å². The Kier molecular flexibility index (Phi) is 9.24. The number of aliphatic hydroxyl groups excluding tert-OH is 1. The molecule has 2 atom stereocenters. The molecule has 0 saturated carbocycles. The monoisotopic (exact) mass is 487 g/mol. The number of benzene rings is 2. The van der Waals surface area contributed by atoms with E-state index in [0.29, 0.717) is 10.6 Å². The molecule has 0 fully saturated rings. The standard InChI is InChI=1S/C22H21ClF3NO6/c23-16-3-1-2-15(11-16)14-6-4-13(5-7-14)10-17(27-19(29)20(30)31)12-18(28)21(32)33-9-8-22(24,25)26/h1-7,11,17-18,28H,8-10,12H2,(H,27,29)(H,30,31)/t17-,18?/m1/s1. The van der Waals surface area contributed by atoms with Crippen LogP contribution in [-0.4, -0.2) is 53.0 Å². The van der Waals surface area contributed by atoms with Crippen LogP contribution >= 0.6 is 11.6 Å². The first-order chi connectivity index (χ1) is 15.4. The molecule has 0 saturated heterocycles. The first-order valence-corrected chi connectivity index (χ1v) is 10.1. The number of aliphatic hydroxyl groups is 1. The smallest absolute Gasteiger partial charge is 0.394 e. The van der Waals surface area contributed by atoms with Crippen LogP contribution in [0.1, 0.15) is 18.4 Å². The van der Waals surface area contributed by atoms with Crippen molar-refractivity contribution in [3.05, 3.63) is 59.1 Å². The Morgan fingerprint density at radius 1 is 1.06 bits per heavy atom. The van der Waals surface area contributed by atoms with Gasteiger partial charge in [-0.05, 0) is 35.2 Å². The van der Waals surface area contributed by atoms with E-state index in [-0.39, 0.29) is 6.42 Å². The van der Waals surface area contributed by atoms with Crippen LogP contribution in [0.15, 0.2) is 48.5 Å². The van der Waals surface area contributed by atoms with Gasteiger partial charge in [0.1, 0.15) is 6.61 Å². The second-order valence-electron chi connectivity index (χ2n) is 7.17. The molecule has 2 aromatic rings. The van der Waals surface area contributed by atoms with Gasteiger partial charge < -0.3 is 20.3 Å². The van der Waals surface area contributed by atoms with Crippen molar-refractivity contribution >= 4 is 29.4 Å². The van der Waals surface area contributed by atoms with Crippen molar-refractivity contribution in [3.63, 3.8) is 0 Å². The number of hydrogen-bond donors (Lipinski definition) is 3. The van der Waals surface area contributed by atoms with Gasteiger partial charge in [0.25, 0.3) is 0 Å². The molecule has 0 aliphatic heterocycles. The molecule has 1 amide bonds. The highest BCUT2D eigenvalue weighted by molar-refractivity contribution is 6.31. The molecule has 0 aromatic heterocycles. The molecule has 3 N–H and O–H groups in total. The average Bonchev–Trinajstić information content (AvgIpc) is 2.73. The van der Waals surface area contributed by atoms with Gasteiger partial charge in [-0.15, -0.1) is 0 Å². The van der Waals surface area contributed by atoms with Gasteiger partial charge in [0, 0.05) is 17.5 Å². The number of carboxylic acids is 1. The first-order valence-electron chi connectivity index (χ1n) is 9.74. The van der Waals surface area contributed by atoms with E-state index in [2.05, 4.69) is 10.1 Å². The molecule has 2 rings (SSSR count). The van der Waals surface area contributed by atoms with Crippen LogP contribution in [0.3, 0.4) is 0 Å². The SMILES string of the molecule is O=C(O)C(=O)N[C@H](Cc1ccc(-c2cccc(Cl)c2)cc1)CC(O)C(=O)OCCC(F)(F)F. The number of carboxylic acid groups (broad SMARTS) is 1. The molecule has 11 heteroatoms. The summed E-state index contributed by atoms with van der Waals surface area (Å²) in [5.41, 5.74) is 2.36. The summed E-state index contributed by atoms with van der Waals surface area (Å²) in [6.07, 6.45) is -8.17. The lowest BCUT2D eigenvalue weighted by Gasteiger charge is -2.21. The van der Waals surface area contributed by atoms with Crippen molar-refractivity contribution in [2.45, 2.75) is 37.6 Å². The number of aliphatic carboxylic acids is 1. The lowest BCUT2D eigenvalue weighted by atomic mass is 9.98. The highest BCUT2D eigenvalue weighted by Crippen LogP contribution is 2.24. The average molecular weight is 488 g/mol. The molecule has 0 aliphatic carbocycles. The molecule has 0 radical (unpaired) electrons. The third-order valence-corrected chi connectivity index (χ3v) is 4.77. The zero-order chi connectivity index (χ0) is 24.6. The fraction of sp³-hybridized carbons (Fsp3) is 0.318. The van der Waals surface area contributed by atoms with Crippen molar-refractivity contribution < 1.29 is 42.5 Å². The predicted molar refractivity (Wildman–Crippen MR) is 112 cm³/mol. The van der Waals surface area contributed by atoms with Crippen molar-refractivity contribution in [2.24, 2.45) is 0 Å². The molecule has 7 nitrogen and oxygen atoms in total. The van der Waals surface area contributed by atoms with Crippen LogP contribution in [0.4, 0.5) is 13.2 Å². The Morgan fingerprint density at radius 3 is 2.30 bits per heavy atom. The van der Waals surface area contributed by atoms with E-state index in [1.807, 2.05) is 6.07 Å². The predicted octanol–water partition coefficient (Wildman–Crippen LogP) is 3.37. The van der Waals surface area contributed by atoms with Crippen LogP contribution in [0, 0.1) is 0 Å². The molecule has 33 heavy (non-hydrogen) atoms. The molecular formula is C22H21ClF3NO6. The largest absolute Gasteiger partial charge is 0.474 e. The summed E-state index contributed by atoms with van der Waals surface area (Å²) in [4.78, 5) is 34.3. The van der Waals surface area contributed by atoms with Gasteiger partial charge in [0.2, 0.25) is 0 Å². The van der Waals surface area contributed by atoms with E-state index < -0.39 is 55.6 Å². The van der Waals surface area contributed by atoms with Gasteiger partial charge in [-0.3, -0.25) is 4.79 Å². The lowest BCUT2D eigenvalue weighted by Crippen LogP contribution is -2.43. The van der Waals surface area contributed by atoms with Gasteiger partial charge in [0.05, 0.1) is 6.42 Å². The highest BCUT2D eigenvalue weighted by Gasteiger charge is 2.29. The van der Waals surface area contributed by atoms with Crippen molar-refractivity contribution in [1.29, 1.82) is 0 Å². The van der Waals surface area contributed by atoms with Gasteiger partial charge >= 0.3 is 24.0 Å². The normalized spacial score (nSPS) is 13.1. The number of nitrogens with one attached hydrogen (secondary N) is 1. The fourth-order valence-electron chi connectivity index (χ4n) is 2.96. The molecule has 1 unspecified atom stereocenters. The maximum atomic E-state index is 12.2. The van der Waals surface area contributed by atoms with Crippen molar-refractivity contribution in [1.82, 2.24) is 5.32 Å². The Balaban J connectivity index is 2.06. The summed E-state index contributed by atoms with van der Waals surface area (Å²) in [5.74, 6) is -4.42. The number of ether oxygens (including phenoxy) is 1. The van der Waals surface area contributed by atoms with Crippen molar-refractivity contribution in [2.75, 3.05) is 6.61 Å². The summed E-state index contributed by atoms with van der Waals surface area (Å²) >= 11 is 5.99. The number of esters is 1. The van der Waals surface area contributed by atoms with Gasteiger partial charge in [-0.2, -0.15) is 13.2 Å². The third kappa shape index (κ3) is 9.11. The first kappa shape index (κ1) is 26.1. The van der Waals surface area contributed by atoms with E-state index in [1.54, 1.807) is 42.5 Å². The number of carbonyl (C=O) groups is 3. The van der Waals surface area contributed by atoms with E-state index >= 15 is 0 Å². The minimum absolute atomic E-state index is 0.0434. The minimum Gasteiger partial charge on any atom is -0.474 e. The molecule has 0 spiro atoms. The quantitative estimate of drug-likeness (QED) is 0.369. The summed E-state index contributed by atoms with van der Waals surface area (Å²) in [7, 11) is 0. The summed E-state index contributed by atoms with van der Waals surface area (Å²) < 4.78 is 40.9. The van der Waals surface area contributed by atoms with E-state index in [9.17, 15) is 32.7 Å². The Morgan fingerprint density at radius 2 is 1.73 bits per heavy atom. The number of hydrogen-bond acceptors (Lipinski definition) is 5. The topological polar surface area (TPSA) is 113 Å². The fourth-order valence-corrected chi connectivity index (χ4v) is 3.15. The van der Waals surface area contributed by atoms with Crippen molar-refractivity contribution in [3.8, 4) is 11.1 Å². The van der Waals surface area contributed by atoms with E-state index in [1.165, 1.54) is 0 Å². The zero-order valence-corrected chi connectivity index (χ0v) is 17.9. The second kappa shape index (κ2) is 11.7. The van der Waals surface area contributed by atoms with Crippen LogP contribution in [-0.2, 0) is 25.5 Å². The zero-order valence-electron chi connectivity index (χ0n) is 17.1. The minimum atomic E-state index is -4.53. The number of carbonyl (C=O) groups excluding carboxylic acids is 2. The molecule has 2 aromatic carbocycles. The number of alkyl halides is 3. The van der Waals surface area contributed by atoms with Crippen LogP contribution < -0.4 is 5.32 Å². The lowest BCUT2D eigenvalue weighted by molar-refractivity contribution is -0.166. The number of amides is 1. The van der Waals surface area contributed by atoms with Gasteiger partial charge in [-0.1, -0.05) is 48.0 Å². The Bertz CT molecular complexity index is 981. The molecule has 0 heterocycles. The van der Waals surface area contributed by atoms with Gasteiger partial charge in [-0.25, -0.2) is 9.59 Å². The summed E-state index contributed by atoms with van der Waals surface area (Å²) in [6, 6.07) is 13.1. The maximum absolute atomic E-state index is 12.2.